The second-order valence-electron chi connectivity index (χ2n) is 5.08. The van der Waals surface area contributed by atoms with E-state index in [1.165, 1.54) is 5.56 Å². The summed E-state index contributed by atoms with van der Waals surface area (Å²) in [6.45, 7) is 5.27. The molecule has 0 aliphatic carbocycles. The first-order chi connectivity index (χ1) is 9.10. The molecular formula is C15H25NO2S. The third-order valence-corrected chi connectivity index (χ3v) is 3.80. The highest BCUT2D eigenvalue weighted by Crippen LogP contribution is 2.28. The minimum absolute atomic E-state index is 0.159. The van der Waals surface area contributed by atoms with E-state index in [2.05, 4.69) is 37.4 Å². The van der Waals surface area contributed by atoms with E-state index in [1.807, 2.05) is 6.26 Å². The third-order valence-electron chi connectivity index (χ3n) is 3.02. The second-order valence-corrected chi connectivity index (χ2v) is 5.93. The Morgan fingerprint density at radius 3 is 2.63 bits per heavy atom. The highest BCUT2D eigenvalue weighted by Gasteiger charge is 2.10. The minimum Gasteiger partial charge on any atom is -0.496 e. The Balaban J connectivity index is 2.61. The number of hydrogen-bond acceptors (Lipinski definition) is 4. The molecule has 0 spiro atoms. The third kappa shape index (κ3) is 5.43. The fourth-order valence-electron chi connectivity index (χ4n) is 2.04. The number of rotatable bonds is 8. The average Bonchev–Trinajstić information content (AvgIpc) is 2.42. The van der Waals surface area contributed by atoms with E-state index in [9.17, 15) is 5.11 Å². The molecule has 0 fully saturated rings. The van der Waals surface area contributed by atoms with E-state index in [-0.39, 0.29) is 12.6 Å². The molecule has 108 valence electrons. The van der Waals surface area contributed by atoms with Crippen molar-refractivity contribution in [3.63, 3.8) is 0 Å². The first-order valence-corrected chi connectivity index (χ1v) is 7.88. The Hall–Kier alpha value is -0.710. The van der Waals surface area contributed by atoms with Crippen molar-refractivity contribution in [1.29, 1.82) is 0 Å². The van der Waals surface area contributed by atoms with Crippen molar-refractivity contribution in [1.82, 2.24) is 5.32 Å². The number of benzene rings is 1. The maximum Gasteiger partial charge on any atom is 0.132 e. The summed E-state index contributed by atoms with van der Waals surface area (Å²) < 4.78 is 5.38. The molecule has 0 amide bonds. The molecule has 3 nitrogen and oxygen atoms in total. The maximum absolute atomic E-state index is 9.35. The Labute approximate surface area is 120 Å². The number of nitrogens with one attached hydrogen (secondary N) is 1. The van der Waals surface area contributed by atoms with Crippen LogP contribution in [0.15, 0.2) is 23.1 Å². The van der Waals surface area contributed by atoms with Crippen LogP contribution in [0, 0.1) is 5.92 Å². The number of methoxy groups -OCH3 is 1. The summed E-state index contributed by atoms with van der Waals surface area (Å²) in [7, 11) is 1.70. The van der Waals surface area contributed by atoms with Crippen LogP contribution in [0.1, 0.15) is 25.8 Å². The summed E-state index contributed by atoms with van der Waals surface area (Å²) in [5.74, 6) is 1.49. The molecule has 4 heteroatoms. The van der Waals surface area contributed by atoms with Gasteiger partial charge in [-0.15, -0.1) is 11.8 Å². The van der Waals surface area contributed by atoms with Crippen molar-refractivity contribution in [3.8, 4) is 5.75 Å². The highest BCUT2D eigenvalue weighted by atomic mass is 32.2. The van der Waals surface area contributed by atoms with Gasteiger partial charge in [0.25, 0.3) is 0 Å². The predicted molar refractivity (Wildman–Crippen MR) is 81.9 cm³/mol. The van der Waals surface area contributed by atoms with Crippen LogP contribution in [0.2, 0.25) is 0 Å². The summed E-state index contributed by atoms with van der Waals surface area (Å²) in [4.78, 5) is 1.15. The van der Waals surface area contributed by atoms with Gasteiger partial charge in [-0.3, -0.25) is 0 Å². The van der Waals surface area contributed by atoms with Crippen LogP contribution in [0.25, 0.3) is 0 Å². The summed E-state index contributed by atoms with van der Waals surface area (Å²) in [5, 5.41) is 12.7. The van der Waals surface area contributed by atoms with Gasteiger partial charge in [0.15, 0.2) is 0 Å². The van der Waals surface area contributed by atoms with Crippen molar-refractivity contribution in [3.05, 3.63) is 23.8 Å². The molecule has 19 heavy (non-hydrogen) atoms. The van der Waals surface area contributed by atoms with Crippen molar-refractivity contribution in [2.75, 3.05) is 20.0 Å². The van der Waals surface area contributed by atoms with Gasteiger partial charge >= 0.3 is 0 Å². The lowest BCUT2D eigenvalue weighted by atomic mass is 10.0. The number of aliphatic hydroxyl groups is 1. The molecule has 2 N–H and O–H groups in total. The number of ether oxygens (including phenoxy) is 1. The van der Waals surface area contributed by atoms with Gasteiger partial charge in [-0.05, 0) is 36.3 Å². The molecule has 1 unspecified atom stereocenters. The van der Waals surface area contributed by atoms with Gasteiger partial charge in [0.2, 0.25) is 0 Å². The zero-order valence-corrected chi connectivity index (χ0v) is 13.1. The summed E-state index contributed by atoms with van der Waals surface area (Å²) in [6.07, 6.45) is 3.02. The van der Waals surface area contributed by atoms with Crippen molar-refractivity contribution >= 4 is 11.8 Å². The predicted octanol–water partition coefficient (Wildman–Crippen LogP) is 2.91. The van der Waals surface area contributed by atoms with Gasteiger partial charge in [-0.2, -0.15) is 0 Å². The van der Waals surface area contributed by atoms with Crippen LogP contribution in [-0.2, 0) is 6.54 Å². The molecule has 1 aromatic carbocycles. The summed E-state index contributed by atoms with van der Waals surface area (Å²) in [5.41, 5.74) is 1.18. The molecular weight excluding hydrogens is 258 g/mol. The Bertz CT molecular complexity index is 382. The van der Waals surface area contributed by atoms with Gasteiger partial charge in [-0.25, -0.2) is 0 Å². The van der Waals surface area contributed by atoms with E-state index in [0.717, 1.165) is 23.6 Å². The topological polar surface area (TPSA) is 41.5 Å². The van der Waals surface area contributed by atoms with Crippen molar-refractivity contribution in [2.45, 2.75) is 37.8 Å². The average molecular weight is 283 g/mol. The zero-order valence-electron chi connectivity index (χ0n) is 12.3. The minimum atomic E-state index is 0.159. The molecule has 0 bridgehead atoms. The quantitative estimate of drug-likeness (QED) is 0.720. The summed E-state index contributed by atoms with van der Waals surface area (Å²) >= 11 is 1.68. The molecule has 0 aliphatic rings. The monoisotopic (exact) mass is 283 g/mol. The maximum atomic E-state index is 9.35. The molecule has 1 rings (SSSR count). The molecule has 0 aliphatic heterocycles. The Morgan fingerprint density at radius 1 is 1.37 bits per heavy atom. The Morgan fingerprint density at radius 2 is 2.11 bits per heavy atom. The number of hydrogen-bond donors (Lipinski definition) is 2. The molecule has 0 radical (unpaired) electrons. The fraction of sp³-hybridized carbons (Fsp3) is 0.600. The zero-order chi connectivity index (χ0) is 14.3. The summed E-state index contributed by atoms with van der Waals surface area (Å²) in [6, 6.07) is 6.40. The first kappa shape index (κ1) is 16.3. The van der Waals surface area contributed by atoms with Crippen molar-refractivity contribution in [2.24, 2.45) is 5.92 Å². The van der Waals surface area contributed by atoms with E-state index in [1.54, 1.807) is 18.9 Å². The van der Waals surface area contributed by atoms with Crippen LogP contribution >= 0.6 is 11.8 Å². The highest BCUT2D eigenvalue weighted by molar-refractivity contribution is 7.98. The SMILES string of the molecule is COc1cc(CNC(CO)CC(C)C)ccc1SC. The van der Waals surface area contributed by atoms with Crippen LogP contribution < -0.4 is 10.1 Å². The lowest BCUT2D eigenvalue weighted by molar-refractivity contribution is 0.223. The van der Waals surface area contributed by atoms with Crippen LogP contribution in [0.5, 0.6) is 5.75 Å². The van der Waals surface area contributed by atoms with Gasteiger partial charge in [0, 0.05) is 17.5 Å². The smallest absolute Gasteiger partial charge is 0.132 e. The van der Waals surface area contributed by atoms with Gasteiger partial charge < -0.3 is 15.2 Å². The van der Waals surface area contributed by atoms with E-state index in [4.69, 9.17) is 4.74 Å². The second kappa shape index (κ2) is 8.46. The molecule has 0 saturated heterocycles. The van der Waals surface area contributed by atoms with E-state index < -0.39 is 0 Å². The largest absolute Gasteiger partial charge is 0.496 e. The molecule has 0 saturated carbocycles. The van der Waals surface area contributed by atoms with Crippen molar-refractivity contribution < 1.29 is 9.84 Å². The molecule has 0 heterocycles. The first-order valence-electron chi connectivity index (χ1n) is 6.65. The lowest BCUT2D eigenvalue weighted by Crippen LogP contribution is -2.33. The lowest BCUT2D eigenvalue weighted by Gasteiger charge is -2.18. The van der Waals surface area contributed by atoms with Gasteiger partial charge in [0.1, 0.15) is 5.75 Å². The number of thioether (sulfide) groups is 1. The standard InChI is InChI=1S/C15H25NO2S/c1-11(2)7-13(10-17)16-9-12-5-6-15(19-4)14(8-12)18-3/h5-6,8,11,13,16-17H,7,9-10H2,1-4H3. The fourth-order valence-corrected chi connectivity index (χ4v) is 2.59. The normalized spacial score (nSPS) is 12.7. The van der Waals surface area contributed by atoms with Crippen LogP contribution in [-0.4, -0.2) is 31.1 Å². The Kier molecular flexibility index (Phi) is 7.28. The van der Waals surface area contributed by atoms with Crippen LogP contribution in [0.4, 0.5) is 0 Å². The van der Waals surface area contributed by atoms with Gasteiger partial charge in [-0.1, -0.05) is 19.9 Å². The van der Waals surface area contributed by atoms with E-state index >= 15 is 0 Å². The van der Waals surface area contributed by atoms with Crippen LogP contribution in [0.3, 0.4) is 0 Å². The van der Waals surface area contributed by atoms with Gasteiger partial charge in [0.05, 0.1) is 13.7 Å². The molecule has 1 aromatic rings. The van der Waals surface area contributed by atoms with E-state index in [0.29, 0.717) is 5.92 Å². The molecule has 1 atom stereocenters. The molecule has 0 aromatic heterocycles. The number of aliphatic hydroxyl groups excluding tert-OH is 1.